The summed E-state index contributed by atoms with van der Waals surface area (Å²) in [6, 6.07) is 0. The molecule has 0 bridgehead atoms. The monoisotopic (exact) mass is 260 g/mol. The molecule has 7 heteroatoms. The zero-order chi connectivity index (χ0) is 12.6. The van der Waals surface area contributed by atoms with Gasteiger partial charge in [-0.2, -0.15) is 13.2 Å². The Labute approximate surface area is 96.9 Å². The summed E-state index contributed by atoms with van der Waals surface area (Å²) in [6.45, 7) is 1.44. The van der Waals surface area contributed by atoms with Gasteiger partial charge in [-0.1, -0.05) is 6.92 Å². The van der Waals surface area contributed by atoms with Gasteiger partial charge in [0.05, 0.1) is 19.6 Å². The van der Waals surface area contributed by atoms with E-state index in [0.717, 1.165) is 12.0 Å². The summed E-state index contributed by atoms with van der Waals surface area (Å²) in [7, 11) is 1.48. The van der Waals surface area contributed by atoms with Gasteiger partial charge in [0.25, 0.3) is 0 Å². The van der Waals surface area contributed by atoms with Gasteiger partial charge >= 0.3 is 12.1 Å². The van der Waals surface area contributed by atoms with Crippen LogP contribution in [0.1, 0.15) is 19.8 Å². The summed E-state index contributed by atoms with van der Waals surface area (Å²) in [5.41, 5.74) is 0. The lowest BCUT2D eigenvalue weighted by molar-refractivity contribution is -0.152. The van der Waals surface area contributed by atoms with Crippen molar-refractivity contribution in [1.82, 2.24) is 0 Å². The van der Waals surface area contributed by atoms with Crippen LogP contribution >= 0.6 is 12.0 Å². The number of carbonyl (C=O) groups is 1. The van der Waals surface area contributed by atoms with Gasteiger partial charge in [0.1, 0.15) is 0 Å². The fraction of sp³-hybridized carbons (Fsp3) is 0.889. The minimum absolute atomic E-state index is 0.194. The van der Waals surface area contributed by atoms with Crippen LogP contribution in [0.4, 0.5) is 13.2 Å². The topological polar surface area (TPSA) is 35.5 Å². The molecular weight excluding hydrogens is 245 g/mol. The molecule has 0 radical (unpaired) electrons. The molecule has 0 rings (SSSR count). The summed E-state index contributed by atoms with van der Waals surface area (Å²) in [5.74, 6) is -0.447. The van der Waals surface area contributed by atoms with E-state index in [0.29, 0.717) is 5.75 Å². The standard InChI is InChI=1S/C9H15F3O3S/c1-7(6-16-14-2)8(13)15-5-3-4-9(10,11)12/h7H,3-6H2,1-2H3. The number of hydrogen-bond acceptors (Lipinski definition) is 4. The Morgan fingerprint density at radius 3 is 2.56 bits per heavy atom. The summed E-state index contributed by atoms with van der Waals surface area (Å²) >= 11 is 1.11. The van der Waals surface area contributed by atoms with Gasteiger partial charge in [0, 0.05) is 12.2 Å². The maximum atomic E-state index is 11.7. The van der Waals surface area contributed by atoms with Crippen LogP contribution in [0.2, 0.25) is 0 Å². The van der Waals surface area contributed by atoms with Crippen LogP contribution in [-0.4, -0.2) is 31.6 Å². The highest BCUT2D eigenvalue weighted by molar-refractivity contribution is 7.94. The molecular formula is C9H15F3O3S. The van der Waals surface area contributed by atoms with Crippen LogP contribution in [0.3, 0.4) is 0 Å². The molecule has 0 spiro atoms. The average Bonchev–Trinajstić information content (AvgIpc) is 2.19. The molecule has 0 aliphatic rings. The highest BCUT2D eigenvalue weighted by Crippen LogP contribution is 2.21. The highest BCUT2D eigenvalue weighted by Gasteiger charge is 2.26. The van der Waals surface area contributed by atoms with Gasteiger partial charge in [0.15, 0.2) is 0 Å². The van der Waals surface area contributed by atoms with Crippen LogP contribution in [-0.2, 0) is 13.7 Å². The van der Waals surface area contributed by atoms with Crippen molar-refractivity contribution in [2.75, 3.05) is 19.5 Å². The van der Waals surface area contributed by atoms with Crippen LogP contribution in [0, 0.1) is 5.92 Å². The lowest BCUT2D eigenvalue weighted by Gasteiger charge is -2.10. The van der Waals surface area contributed by atoms with Gasteiger partial charge in [-0.15, -0.1) is 0 Å². The Morgan fingerprint density at radius 1 is 1.44 bits per heavy atom. The van der Waals surface area contributed by atoms with E-state index in [2.05, 4.69) is 4.74 Å². The molecule has 16 heavy (non-hydrogen) atoms. The third kappa shape index (κ3) is 8.84. The first-order valence-electron chi connectivity index (χ1n) is 4.76. The minimum Gasteiger partial charge on any atom is -0.465 e. The SMILES string of the molecule is COSCC(C)C(=O)OCCCC(F)(F)F. The molecule has 1 unspecified atom stereocenters. The Bertz CT molecular complexity index is 209. The molecule has 0 amide bonds. The first-order valence-corrected chi connectivity index (χ1v) is 5.67. The molecule has 0 aromatic heterocycles. The van der Waals surface area contributed by atoms with Gasteiger partial charge in [-0.3, -0.25) is 4.79 Å². The molecule has 0 heterocycles. The second-order valence-corrected chi connectivity index (χ2v) is 4.14. The van der Waals surface area contributed by atoms with Crippen molar-refractivity contribution in [2.45, 2.75) is 25.9 Å². The second kappa shape index (κ2) is 7.78. The quantitative estimate of drug-likeness (QED) is 0.400. The Hall–Kier alpha value is -0.430. The molecule has 0 saturated heterocycles. The van der Waals surface area contributed by atoms with Gasteiger partial charge in [0.2, 0.25) is 0 Å². The van der Waals surface area contributed by atoms with Crippen LogP contribution < -0.4 is 0 Å². The van der Waals surface area contributed by atoms with Crippen LogP contribution in [0.25, 0.3) is 0 Å². The third-order valence-corrected chi connectivity index (χ3v) is 2.56. The normalized spacial score (nSPS) is 13.6. The van der Waals surface area contributed by atoms with E-state index in [1.165, 1.54) is 7.11 Å². The van der Waals surface area contributed by atoms with Crippen molar-refractivity contribution in [2.24, 2.45) is 5.92 Å². The number of rotatable bonds is 7. The molecule has 0 aromatic rings. The number of esters is 1. The van der Waals surface area contributed by atoms with E-state index in [9.17, 15) is 18.0 Å². The number of carbonyl (C=O) groups excluding carboxylic acids is 1. The molecule has 0 aromatic carbocycles. The van der Waals surface area contributed by atoms with Crippen molar-refractivity contribution in [3.8, 4) is 0 Å². The maximum Gasteiger partial charge on any atom is 0.389 e. The fourth-order valence-corrected chi connectivity index (χ4v) is 1.30. The minimum atomic E-state index is -4.19. The van der Waals surface area contributed by atoms with E-state index in [-0.39, 0.29) is 18.9 Å². The van der Waals surface area contributed by atoms with Gasteiger partial charge in [-0.05, 0) is 18.5 Å². The molecule has 0 N–H and O–H groups in total. The first-order chi connectivity index (χ1) is 7.37. The zero-order valence-corrected chi connectivity index (χ0v) is 9.99. The smallest absolute Gasteiger partial charge is 0.389 e. The highest BCUT2D eigenvalue weighted by atomic mass is 32.2. The van der Waals surface area contributed by atoms with Crippen molar-refractivity contribution in [3.05, 3.63) is 0 Å². The fourth-order valence-electron chi connectivity index (χ4n) is 0.826. The largest absolute Gasteiger partial charge is 0.465 e. The van der Waals surface area contributed by atoms with Crippen molar-refractivity contribution < 1.29 is 26.9 Å². The molecule has 0 fully saturated rings. The number of alkyl halides is 3. The lowest BCUT2D eigenvalue weighted by atomic mass is 10.2. The Morgan fingerprint density at radius 2 is 2.06 bits per heavy atom. The molecule has 96 valence electrons. The van der Waals surface area contributed by atoms with Crippen LogP contribution in [0.15, 0.2) is 0 Å². The number of hydrogen-bond donors (Lipinski definition) is 0. The van der Waals surface area contributed by atoms with Gasteiger partial charge in [-0.25, -0.2) is 0 Å². The van der Waals surface area contributed by atoms with Crippen molar-refractivity contribution in [1.29, 1.82) is 0 Å². The first kappa shape index (κ1) is 15.6. The Kier molecular flexibility index (Phi) is 7.57. The molecule has 0 aliphatic carbocycles. The summed E-state index contributed by atoms with van der Waals surface area (Å²) in [4.78, 5) is 11.2. The predicted molar refractivity (Wildman–Crippen MR) is 54.9 cm³/mol. The van der Waals surface area contributed by atoms with Crippen molar-refractivity contribution in [3.63, 3.8) is 0 Å². The van der Waals surface area contributed by atoms with E-state index in [4.69, 9.17) is 4.18 Å². The van der Waals surface area contributed by atoms with E-state index in [1.54, 1.807) is 6.92 Å². The summed E-state index contributed by atoms with van der Waals surface area (Å²) < 4.78 is 44.6. The summed E-state index contributed by atoms with van der Waals surface area (Å²) in [5, 5.41) is 0. The summed E-state index contributed by atoms with van der Waals surface area (Å²) in [6.07, 6.45) is -5.31. The molecule has 0 aliphatic heterocycles. The predicted octanol–water partition coefficient (Wildman–Crippen LogP) is 2.80. The Balaban J connectivity index is 3.57. The van der Waals surface area contributed by atoms with E-state index < -0.39 is 18.6 Å². The molecule has 3 nitrogen and oxygen atoms in total. The second-order valence-electron chi connectivity index (χ2n) is 3.24. The molecule has 1 atom stereocenters. The average molecular weight is 260 g/mol. The van der Waals surface area contributed by atoms with E-state index in [1.807, 2.05) is 0 Å². The van der Waals surface area contributed by atoms with E-state index >= 15 is 0 Å². The maximum absolute atomic E-state index is 11.7. The number of halogens is 3. The van der Waals surface area contributed by atoms with Crippen molar-refractivity contribution >= 4 is 18.0 Å². The molecule has 0 saturated carbocycles. The van der Waals surface area contributed by atoms with Gasteiger partial charge < -0.3 is 8.92 Å². The van der Waals surface area contributed by atoms with Crippen LogP contribution in [0.5, 0.6) is 0 Å². The number of ether oxygens (including phenoxy) is 1. The lowest BCUT2D eigenvalue weighted by Crippen LogP contribution is -2.18. The zero-order valence-electron chi connectivity index (χ0n) is 9.17. The third-order valence-electron chi connectivity index (χ3n) is 1.69.